The number of rotatable bonds is 3. The summed E-state index contributed by atoms with van der Waals surface area (Å²) in [5.41, 5.74) is 3.93. The summed E-state index contributed by atoms with van der Waals surface area (Å²) in [7, 11) is 0.0629. The Bertz CT molecular complexity index is 648. The third-order valence-corrected chi connectivity index (χ3v) is 4.19. The number of methoxy groups -OCH3 is 1. The predicted molar refractivity (Wildman–Crippen MR) is 90.4 cm³/mol. The van der Waals surface area contributed by atoms with Crippen molar-refractivity contribution in [2.24, 2.45) is 0 Å². The smallest absolute Gasteiger partial charge is 0.407 e. The van der Waals surface area contributed by atoms with Crippen molar-refractivity contribution in [2.75, 3.05) is 25.5 Å². The van der Waals surface area contributed by atoms with E-state index < -0.39 is 14.2 Å². The van der Waals surface area contributed by atoms with Crippen molar-refractivity contribution >= 4 is 20.1 Å². The highest BCUT2D eigenvalue weighted by Gasteiger charge is 2.26. The van der Waals surface area contributed by atoms with Gasteiger partial charge in [-0.05, 0) is 6.42 Å². The van der Waals surface area contributed by atoms with Crippen LogP contribution in [-0.2, 0) is 0 Å². The Labute approximate surface area is 137 Å². The topological polar surface area (TPSA) is 87.6 Å². The van der Waals surface area contributed by atoms with Crippen LogP contribution in [-0.4, -0.2) is 60.4 Å². The van der Waals surface area contributed by atoms with Gasteiger partial charge in [0.05, 0.1) is 13.3 Å². The molecule has 8 heteroatoms. The Balaban J connectivity index is 2.10. The molecule has 1 fully saturated rings. The van der Waals surface area contributed by atoms with E-state index >= 15 is 0 Å². The maximum atomic E-state index is 10.9. The van der Waals surface area contributed by atoms with E-state index in [0.717, 1.165) is 6.42 Å². The van der Waals surface area contributed by atoms with Crippen molar-refractivity contribution in [3.8, 4) is 17.3 Å². The Morgan fingerprint density at radius 2 is 2.26 bits per heavy atom. The highest BCUT2D eigenvalue weighted by molar-refractivity contribution is 6.83. The first-order valence-electron chi connectivity index (χ1n) is 7.47. The Morgan fingerprint density at radius 3 is 2.83 bits per heavy atom. The van der Waals surface area contributed by atoms with Crippen LogP contribution in [0.4, 0.5) is 10.7 Å². The molecule has 0 saturated carbocycles. The molecule has 0 bridgehead atoms. The summed E-state index contributed by atoms with van der Waals surface area (Å²) in [6, 6.07) is 0.00900. The van der Waals surface area contributed by atoms with E-state index in [0.29, 0.717) is 30.5 Å². The largest absolute Gasteiger partial charge is 0.480 e. The second kappa shape index (κ2) is 6.87. The number of carbonyl (C=O) groups is 1. The molecule has 1 saturated heterocycles. The van der Waals surface area contributed by atoms with Crippen LogP contribution in [0.25, 0.3) is 0 Å². The molecule has 0 spiro atoms. The first-order valence-corrected chi connectivity index (χ1v) is 11.0. The average Bonchev–Trinajstić information content (AvgIpc) is 2.93. The zero-order chi connectivity index (χ0) is 17.0. The molecule has 1 aromatic heterocycles. The molecule has 2 N–H and O–H groups in total. The van der Waals surface area contributed by atoms with Crippen LogP contribution in [0.15, 0.2) is 6.20 Å². The third kappa shape index (κ3) is 4.86. The van der Waals surface area contributed by atoms with Gasteiger partial charge in [0, 0.05) is 19.1 Å². The summed E-state index contributed by atoms with van der Waals surface area (Å²) in [6.45, 7) is 7.44. The van der Waals surface area contributed by atoms with Crippen molar-refractivity contribution in [2.45, 2.75) is 32.1 Å². The monoisotopic (exact) mass is 334 g/mol. The van der Waals surface area contributed by atoms with Crippen LogP contribution in [0.1, 0.15) is 12.0 Å². The van der Waals surface area contributed by atoms with E-state index in [-0.39, 0.29) is 6.04 Å². The number of aromatic nitrogens is 2. The average molecular weight is 334 g/mol. The van der Waals surface area contributed by atoms with Gasteiger partial charge in [0.2, 0.25) is 11.8 Å². The van der Waals surface area contributed by atoms with Crippen LogP contribution in [0.3, 0.4) is 0 Å². The predicted octanol–water partition coefficient (Wildman–Crippen LogP) is 1.88. The van der Waals surface area contributed by atoms with Gasteiger partial charge in [-0.1, -0.05) is 25.6 Å². The Hall–Kier alpha value is -2.27. The summed E-state index contributed by atoms with van der Waals surface area (Å²) in [6.07, 6.45) is 1.48. The lowest BCUT2D eigenvalue weighted by Gasteiger charge is -2.14. The Kier molecular flexibility index (Phi) is 5.11. The van der Waals surface area contributed by atoms with E-state index in [1.807, 2.05) is 0 Å². The minimum atomic E-state index is -1.49. The highest BCUT2D eigenvalue weighted by atomic mass is 28.3. The minimum Gasteiger partial charge on any atom is -0.480 e. The van der Waals surface area contributed by atoms with Gasteiger partial charge >= 0.3 is 6.09 Å². The lowest BCUT2D eigenvalue weighted by molar-refractivity contribution is 0.155. The second-order valence-corrected chi connectivity index (χ2v) is 11.2. The molecule has 0 radical (unpaired) electrons. The fraction of sp³-hybridized carbons (Fsp3) is 0.533. The van der Waals surface area contributed by atoms with Gasteiger partial charge in [0.25, 0.3) is 0 Å². The molecular weight excluding hydrogens is 312 g/mol. The van der Waals surface area contributed by atoms with Crippen molar-refractivity contribution in [3.63, 3.8) is 0 Å². The van der Waals surface area contributed by atoms with Crippen molar-refractivity contribution in [1.29, 1.82) is 0 Å². The number of anilines is 1. The highest BCUT2D eigenvalue weighted by Crippen LogP contribution is 2.18. The number of likely N-dealkylation sites (tertiary alicyclic amines) is 1. The standard InChI is InChI=1S/C15H22N4O3Si/c1-22-13-11(6-8-23(2,3)4)9-16-14(18-13)17-12-5-7-19(10-12)15(20)21/h9,12H,5,7,10H2,1-4H3,(H,20,21)(H,16,17,18)/t12-/m1/s1. The van der Waals surface area contributed by atoms with Crippen LogP contribution in [0.2, 0.25) is 19.6 Å². The minimum absolute atomic E-state index is 0.00900. The summed E-state index contributed by atoms with van der Waals surface area (Å²) in [5.74, 6) is 3.96. The van der Waals surface area contributed by atoms with Gasteiger partial charge in [0.15, 0.2) is 0 Å². The molecule has 2 rings (SSSR count). The van der Waals surface area contributed by atoms with Gasteiger partial charge in [-0.3, -0.25) is 0 Å². The number of nitrogens with one attached hydrogen (secondary N) is 1. The number of nitrogens with zero attached hydrogens (tertiary/aromatic N) is 3. The van der Waals surface area contributed by atoms with Gasteiger partial charge in [-0.2, -0.15) is 4.98 Å². The van der Waals surface area contributed by atoms with E-state index in [9.17, 15) is 4.79 Å². The van der Waals surface area contributed by atoms with Gasteiger partial charge in [-0.15, -0.1) is 5.54 Å². The molecule has 1 aromatic rings. The van der Waals surface area contributed by atoms with E-state index in [2.05, 4.69) is 46.4 Å². The SMILES string of the molecule is COc1nc(N[C@@H]2CCN(C(=O)O)C2)ncc1C#C[Si](C)(C)C. The third-order valence-electron chi connectivity index (χ3n) is 3.31. The molecule has 1 atom stereocenters. The molecule has 2 heterocycles. The fourth-order valence-electron chi connectivity index (χ4n) is 2.17. The zero-order valence-corrected chi connectivity index (χ0v) is 14.9. The quantitative estimate of drug-likeness (QED) is 0.648. The normalized spacial score (nSPS) is 17.4. The molecule has 23 heavy (non-hydrogen) atoms. The van der Waals surface area contributed by atoms with Gasteiger partial charge in [0.1, 0.15) is 13.6 Å². The lowest BCUT2D eigenvalue weighted by Crippen LogP contribution is -2.30. The second-order valence-electron chi connectivity index (χ2n) is 6.48. The molecule has 1 aliphatic heterocycles. The maximum Gasteiger partial charge on any atom is 0.407 e. The number of carboxylic acid groups (broad SMARTS) is 1. The zero-order valence-electron chi connectivity index (χ0n) is 13.9. The van der Waals surface area contributed by atoms with Crippen LogP contribution < -0.4 is 10.1 Å². The molecule has 0 aliphatic carbocycles. The number of hydrogen-bond donors (Lipinski definition) is 2. The first-order chi connectivity index (χ1) is 10.8. The first kappa shape index (κ1) is 17.1. The van der Waals surface area contributed by atoms with E-state index in [1.54, 1.807) is 13.3 Å². The van der Waals surface area contributed by atoms with E-state index in [4.69, 9.17) is 9.84 Å². The number of hydrogen-bond acceptors (Lipinski definition) is 5. The lowest BCUT2D eigenvalue weighted by atomic mass is 10.3. The summed E-state index contributed by atoms with van der Waals surface area (Å²) in [5, 5.41) is 12.1. The fourth-order valence-corrected chi connectivity index (χ4v) is 2.68. The summed E-state index contributed by atoms with van der Waals surface area (Å²) in [4.78, 5) is 20.9. The molecular formula is C15H22N4O3Si. The molecule has 7 nitrogen and oxygen atoms in total. The summed E-state index contributed by atoms with van der Waals surface area (Å²) >= 11 is 0. The maximum absolute atomic E-state index is 10.9. The number of amides is 1. The molecule has 1 amide bonds. The molecule has 1 aliphatic rings. The Morgan fingerprint density at radius 1 is 1.52 bits per heavy atom. The van der Waals surface area contributed by atoms with E-state index in [1.165, 1.54) is 4.90 Å². The van der Waals surface area contributed by atoms with Crippen molar-refractivity contribution in [1.82, 2.24) is 14.9 Å². The van der Waals surface area contributed by atoms with Crippen LogP contribution >= 0.6 is 0 Å². The number of ether oxygens (including phenoxy) is 1. The summed E-state index contributed by atoms with van der Waals surface area (Å²) < 4.78 is 5.29. The molecule has 124 valence electrons. The van der Waals surface area contributed by atoms with Crippen LogP contribution in [0.5, 0.6) is 5.88 Å². The molecule has 0 unspecified atom stereocenters. The molecule has 0 aromatic carbocycles. The van der Waals surface area contributed by atoms with Gasteiger partial charge in [-0.25, -0.2) is 9.78 Å². The van der Waals surface area contributed by atoms with Crippen molar-refractivity contribution in [3.05, 3.63) is 11.8 Å². The van der Waals surface area contributed by atoms with Crippen molar-refractivity contribution < 1.29 is 14.6 Å². The van der Waals surface area contributed by atoms with Gasteiger partial charge < -0.3 is 20.1 Å². The van der Waals surface area contributed by atoms with Crippen LogP contribution in [0, 0.1) is 11.5 Å².